The molecule has 14 N–H and O–H groups in total. The van der Waals surface area contributed by atoms with Gasteiger partial charge in [-0.05, 0) is 74.0 Å². The Hall–Kier alpha value is -7.46. The summed E-state index contributed by atoms with van der Waals surface area (Å²) >= 11 is 0. The molecule has 5 rings (SSSR count). The van der Waals surface area contributed by atoms with Gasteiger partial charge < -0.3 is 63.9 Å². The van der Waals surface area contributed by atoms with Crippen LogP contribution in [0.15, 0.2) is 85.1 Å². The molecular formula is C52H65N11O11S2. The lowest BCUT2D eigenvalue weighted by Gasteiger charge is -2.35. The summed E-state index contributed by atoms with van der Waals surface area (Å²) in [6.07, 6.45) is 0.585. The van der Waals surface area contributed by atoms with Gasteiger partial charge in [-0.3, -0.25) is 38.4 Å². The number of fused-ring (bicyclic) bond motifs is 1. The molecule has 22 nitrogen and oxygen atoms in total. The molecule has 0 unspecified atom stereocenters. The van der Waals surface area contributed by atoms with Crippen LogP contribution in [-0.4, -0.2) is 134 Å². The fourth-order valence-electron chi connectivity index (χ4n) is 8.22. The molecule has 1 aromatic heterocycles. The van der Waals surface area contributed by atoms with Crippen LogP contribution in [0.2, 0.25) is 0 Å². The molecule has 8 atom stereocenters. The average Bonchev–Trinajstić information content (AvgIpc) is 3.79. The summed E-state index contributed by atoms with van der Waals surface area (Å²) in [5.74, 6) is -9.92. The van der Waals surface area contributed by atoms with Gasteiger partial charge in [0.1, 0.15) is 42.3 Å². The van der Waals surface area contributed by atoms with Crippen molar-refractivity contribution in [3.8, 4) is 6.07 Å². The van der Waals surface area contributed by atoms with Gasteiger partial charge in [-0.2, -0.15) is 5.26 Å². The zero-order valence-corrected chi connectivity index (χ0v) is 44.1. The predicted octanol–water partition coefficient (Wildman–Crippen LogP) is 0.916. The first-order valence-corrected chi connectivity index (χ1v) is 26.8. The summed E-state index contributed by atoms with van der Waals surface area (Å²) in [7, 11) is 1.91. The molecule has 1 aliphatic rings. The number of hydrogen-bond donors (Lipinski definition) is 12. The monoisotopic (exact) mass is 1080 g/mol. The van der Waals surface area contributed by atoms with Crippen LogP contribution >= 0.6 is 21.6 Å². The minimum absolute atomic E-state index is 0.0383. The number of para-hydroxylation sites is 1. The number of benzene rings is 3. The maximum atomic E-state index is 14.9. The SMILES string of the molecule is CC(C)[C@H](NC(=O)[C@@H]1CSSC(C)(C)[C@H](NC(=O)[C@@H](N)CC(=O)O)C(=O)N[C@@H](Cc2ccccc2)C(=O)N[C@H](Cc2c[nH]c3ccccc23)C(=O)N[C@@H](CCCN)C(=O)N[C@@H](Cc2ccc(C#N)cc2)C(=O)N1)C(=O)O. The van der Waals surface area contributed by atoms with Crippen LogP contribution in [-0.2, 0) is 62.4 Å². The van der Waals surface area contributed by atoms with Gasteiger partial charge in [0.05, 0.1) is 24.1 Å². The number of nitrogens with zero attached hydrogens (tertiary/aromatic N) is 1. The van der Waals surface area contributed by atoms with E-state index < -0.39 is 119 Å². The lowest BCUT2D eigenvalue weighted by atomic mass is 9.98. The van der Waals surface area contributed by atoms with E-state index in [0.29, 0.717) is 22.3 Å². The van der Waals surface area contributed by atoms with E-state index in [2.05, 4.69) is 42.2 Å². The third kappa shape index (κ3) is 17.0. The average molecular weight is 1080 g/mol. The molecule has 2 heterocycles. The molecule has 1 aliphatic heterocycles. The lowest BCUT2D eigenvalue weighted by Crippen LogP contribution is -2.63. The van der Waals surface area contributed by atoms with Crippen LogP contribution in [0, 0.1) is 17.2 Å². The Bertz CT molecular complexity index is 2770. The maximum Gasteiger partial charge on any atom is 0.326 e. The lowest BCUT2D eigenvalue weighted by molar-refractivity contribution is -0.143. The number of nitrogens with one attached hydrogen (secondary N) is 8. The summed E-state index contributed by atoms with van der Waals surface area (Å²) in [4.78, 5) is 129. The molecule has 0 aliphatic carbocycles. The molecule has 1 saturated heterocycles. The van der Waals surface area contributed by atoms with Crippen molar-refractivity contribution in [2.24, 2.45) is 17.4 Å². The summed E-state index contributed by atoms with van der Waals surface area (Å²) in [6, 6.07) is 12.2. The van der Waals surface area contributed by atoms with Gasteiger partial charge in [-0.15, -0.1) is 0 Å². The fraction of sp³-hybridized carbons (Fsp3) is 0.423. The zero-order valence-electron chi connectivity index (χ0n) is 42.4. The quantitative estimate of drug-likeness (QED) is 0.0654. The first kappa shape index (κ1) is 59.4. The van der Waals surface area contributed by atoms with E-state index in [4.69, 9.17) is 11.5 Å². The molecule has 3 aromatic carbocycles. The topological polar surface area (TPSA) is 370 Å². The van der Waals surface area contributed by atoms with Crippen molar-refractivity contribution in [1.82, 2.24) is 42.2 Å². The molecule has 7 amide bonds. The molecule has 4 aromatic rings. The number of carboxylic acids is 2. The maximum absolute atomic E-state index is 14.9. The van der Waals surface area contributed by atoms with E-state index in [1.807, 2.05) is 24.3 Å². The number of amides is 7. The molecule has 1 fully saturated rings. The highest BCUT2D eigenvalue weighted by Crippen LogP contribution is 2.39. The fourth-order valence-corrected chi connectivity index (χ4v) is 11.0. The number of nitrogens with two attached hydrogens (primary N) is 2. The Labute approximate surface area is 447 Å². The van der Waals surface area contributed by atoms with E-state index in [9.17, 15) is 58.6 Å². The van der Waals surface area contributed by atoms with Crippen LogP contribution < -0.4 is 48.7 Å². The summed E-state index contributed by atoms with van der Waals surface area (Å²) in [5.41, 5.74) is 14.6. The largest absolute Gasteiger partial charge is 0.481 e. The standard InChI is InChI=1S/C52H65N11O11S2/c1-28(2)42(51(73)74)62-49(71)40-27-75-76-52(3,4)43(63-44(66)34(55)24-41(64)65)50(72)60-38(21-29-11-6-5-7-12-29)46(68)59-39(23-32-26-56-35-14-9-8-13-33(32)35)48(70)57-36(15-10-20-53)45(67)58-37(47(69)61-40)22-30-16-18-31(25-54)19-17-30/h5-9,11-14,16-19,26,28,34,36-40,42-43,56H,10,15,20-24,27,53,55H2,1-4H3,(H,57,70)(H,58,67)(H,59,68)(H,60,72)(H,61,69)(H,62,71)(H,63,66)(H,64,65)(H,73,74)/t34-,36-,37-,38-,39+,40-,42-,43+/m0/s1. The molecule has 406 valence electrons. The Morgan fingerprint density at radius 2 is 1.32 bits per heavy atom. The smallest absolute Gasteiger partial charge is 0.326 e. The third-order valence-corrected chi connectivity index (χ3v) is 15.8. The van der Waals surface area contributed by atoms with Gasteiger partial charge in [0.2, 0.25) is 41.4 Å². The molecule has 0 saturated carbocycles. The predicted molar refractivity (Wildman–Crippen MR) is 286 cm³/mol. The first-order chi connectivity index (χ1) is 36.1. The van der Waals surface area contributed by atoms with E-state index in [1.165, 1.54) is 12.1 Å². The Balaban J connectivity index is 1.66. The number of rotatable bonds is 17. The highest BCUT2D eigenvalue weighted by atomic mass is 33.1. The number of carbonyl (C=O) groups is 9. The van der Waals surface area contributed by atoms with Crippen molar-refractivity contribution in [2.45, 2.75) is 119 Å². The van der Waals surface area contributed by atoms with Crippen molar-refractivity contribution in [3.63, 3.8) is 0 Å². The zero-order chi connectivity index (χ0) is 55.7. The van der Waals surface area contributed by atoms with Crippen molar-refractivity contribution < 1.29 is 53.4 Å². The number of aromatic nitrogens is 1. The number of carbonyl (C=O) groups excluding carboxylic acids is 7. The molecule has 0 spiro atoms. The number of aromatic amines is 1. The normalized spacial score (nSPS) is 21.8. The van der Waals surface area contributed by atoms with Gasteiger partial charge in [-0.1, -0.05) is 96.1 Å². The Morgan fingerprint density at radius 1 is 0.763 bits per heavy atom. The molecule has 24 heteroatoms. The van der Waals surface area contributed by atoms with Crippen LogP contribution in [0.25, 0.3) is 10.9 Å². The van der Waals surface area contributed by atoms with E-state index >= 15 is 0 Å². The summed E-state index contributed by atoms with van der Waals surface area (Å²) in [6.45, 7) is 6.34. The number of hydrogen-bond acceptors (Lipinski definition) is 14. The second kappa shape index (κ2) is 27.9. The van der Waals surface area contributed by atoms with Crippen LogP contribution in [0.5, 0.6) is 0 Å². The van der Waals surface area contributed by atoms with Gasteiger partial charge in [0.15, 0.2) is 0 Å². The molecule has 76 heavy (non-hydrogen) atoms. The Morgan fingerprint density at radius 3 is 1.91 bits per heavy atom. The van der Waals surface area contributed by atoms with Gasteiger partial charge >= 0.3 is 11.9 Å². The third-order valence-electron chi connectivity index (χ3n) is 12.5. The van der Waals surface area contributed by atoms with Crippen molar-refractivity contribution in [1.29, 1.82) is 5.26 Å². The number of carboxylic acid groups (broad SMARTS) is 2. The second-order valence-electron chi connectivity index (χ2n) is 19.2. The van der Waals surface area contributed by atoms with Crippen molar-refractivity contribution in [2.75, 3.05) is 12.3 Å². The number of nitriles is 1. The van der Waals surface area contributed by atoms with Gasteiger partial charge in [0, 0.05) is 46.9 Å². The second-order valence-corrected chi connectivity index (χ2v) is 22.2. The molecular weight excluding hydrogens is 1020 g/mol. The van der Waals surface area contributed by atoms with Crippen molar-refractivity contribution in [3.05, 3.63) is 107 Å². The van der Waals surface area contributed by atoms with Crippen LogP contribution in [0.3, 0.4) is 0 Å². The van der Waals surface area contributed by atoms with E-state index in [1.54, 1.807) is 82.4 Å². The van der Waals surface area contributed by atoms with Crippen molar-refractivity contribution >= 4 is 85.8 Å². The first-order valence-electron chi connectivity index (χ1n) is 24.5. The van der Waals surface area contributed by atoms with Gasteiger partial charge in [-0.25, -0.2) is 4.79 Å². The number of H-pyrrole nitrogens is 1. The highest BCUT2D eigenvalue weighted by molar-refractivity contribution is 8.77. The molecule has 0 radical (unpaired) electrons. The Kier molecular flexibility index (Phi) is 21.8. The summed E-state index contributed by atoms with van der Waals surface area (Å²) < 4.78 is -1.42. The summed E-state index contributed by atoms with van der Waals surface area (Å²) in [5, 5.41) is 48.5. The van der Waals surface area contributed by atoms with E-state index in [0.717, 1.165) is 32.5 Å². The minimum Gasteiger partial charge on any atom is -0.481 e. The highest BCUT2D eigenvalue weighted by Gasteiger charge is 2.42. The van der Waals surface area contributed by atoms with Gasteiger partial charge in [0.25, 0.3) is 0 Å². The number of aliphatic carboxylic acids is 2. The minimum atomic E-state index is -1.62. The van der Waals surface area contributed by atoms with Crippen LogP contribution in [0.4, 0.5) is 0 Å². The van der Waals surface area contributed by atoms with Crippen LogP contribution in [0.1, 0.15) is 69.2 Å². The molecule has 0 bridgehead atoms. The van der Waals surface area contributed by atoms with E-state index in [-0.39, 0.29) is 44.4 Å².